The number of rotatable bonds is 7. The molecule has 158 valence electrons. The van der Waals surface area contributed by atoms with Gasteiger partial charge in [0.25, 0.3) is 11.6 Å². The Morgan fingerprint density at radius 2 is 1.61 bits per heavy atom. The Morgan fingerprint density at radius 3 is 2.26 bits per heavy atom. The van der Waals surface area contributed by atoms with E-state index in [1.54, 1.807) is 12.1 Å². The zero-order chi connectivity index (χ0) is 22.5. The van der Waals surface area contributed by atoms with Crippen molar-refractivity contribution in [2.75, 3.05) is 10.7 Å². The maximum atomic E-state index is 12.3. The highest BCUT2D eigenvalue weighted by atomic mass is 16.6. The van der Waals surface area contributed by atoms with Crippen molar-refractivity contribution in [1.29, 1.82) is 0 Å². The van der Waals surface area contributed by atoms with Gasteiger partial charge in [0.05, 0.1) is 9.85 Å². The molecule has 0 aliphatic carbocycles. The molecule has 0 aliphatic heterocycles. The average molecular weight is 423 g/mol. The number of anilines is 3. The minimum atomic E-state index is -0.736. The molecule has 0 spiro atoms. The minimum Gasteiger partial charge on any atom is -0.334 e. The number of non-ortho nitro benzene ring substituents is 1. The third-order valence-corrected chi connectivity index (χ3v) is 4.10. The Morgan fingerprint density at radius 1 is 0.935 bits per heavy atom. The highest BCUT2D eigenvalue weighted by Gasteiger charge is 2.24. The number of nitrogens with one attached hydrogen (secondary N) is 3. The van der Waals surface area contributed by atoms with Crippen LogP contribution in [0.2, 0.25) is 0 Å². The number of nitrogens with zero attached hydrogens (tertiary/aromatic N) is 4. The molecule has 0 atom stereocenters. The molecule has 1 heterocycles. The minimum absolute atomic E-state index is 0.00741. The van der Waals surface area contributed by atoms with Crippen LogP contribution >= 0.6 is 0 Å². The van der Waals surface area contributed by atoms with Gasteiger partial charge in [0.1, 0.15) is 6.33 Å². The molecule has 31 heavy (non-hydrogen) atoms. The smallest absolute Gasteiger partial charge is 0.334 e. The fourth-order valence-corrected chi connectivity index (χ4v) is 2.87. The van der Waals surface area contributed by atoms with Crippen molar-refractivity contribution in [3.8, 4) is 0 Å². The molecule has 1 amide bonds. The molecule has 2 aromatic carbocycles. The van der Waals surface area contributed by atoms with E-state index in [1.165, 1.54) is 18.2 Å². The standard InChI is InChI=1S/C19H17N7O5/c1-11-6-12(2)8-14(7-11)22-17-16(26(30)31)18(21-10-20-17)23-24-19(27)13-4-3-5-15(9-13)25(28)29/h3-10H,1-2H3,(H,24,27)(H2,20,21,22,23). The number of carbonyl (C=O) groups excluding carboxylic acids is 1. The van der Waals surface area contributed by atoms with Crippen LogP contribution in [-0.2, 0) is 0 Å². The lowest BCUT2D eigenvalue weighted by Gasteiger charge is -2.11. The highest BCUT2D eigenvalue weighted by molar-refractivity contribution is 5.95. The van der Waals surface area contributed by atoms with Gasteiger partial charge in [-0.15, -0.1) is 0 Å². The Hall–Kier alpha value is -4.61. The van der Waals surface area contributed by atoms with Gasteiger partial charge >= 0.3 is 5.69 Å². The third kappa shape index (κ3) is 5.06. The normalized spacial score (nSPS) is 10.3. The number of carbonyl (C=O) groups is 1. The van der Waals surface area contributed by atoms with E-state index in [0.29, 0.717) is 5.69 Å². The van der Waals surface area contributed by atoms with Crippen molar-refractivity contribution in [2.24, 2.45) is 0 Å². The zero-order valence-electron chi connectivity index (χ0n) is 16.4. The summed E-state index contributed by atoms with van der Waals surface area (Å²) in [7, 11) is 0. The van der Waals surface area contributed by atoms with E-state index in [0.717, 1.165) is 23.5 Å². The van der Waals surface area contributed by atoms with E-state index in [1.807, 2.05) is 19.9 Å². The van der Waals surface area contributed by atoms with Gasteiger partial charge in [-0.25, -0.2) is 9.97 Å². The molecule has 1 aromatic heterocycles. The van der Waals surface area contributed by atoms with Crippen LogP contribution in [0.4, 0.5) is 28.7 Å². The van der Waals surface area contributed by atoms with Crippen LogP contribution in [0, 0.1) is 34.1 Å². The second-order valence-electron chi connectivity index (χ2n) is 6.56. The monoisotopic (exact) mass is 423 g/mol. The molecule has 0 unspecified atom stereocenters. The maximum absolute atomic E-state index is 12.3. The average Bonchev–Trinajstić information content (AvgIpc) is 2.71. The lowest BCUT2D eigenvalue weighted by Crippen LogP contribution is -2.30. The number of benzene rings is 2. The van der Waals surface area contributed by atoms with Crippen LogP contribution in [0.25, 0.3) is 0 Å². The van der Waals surface area contributed by atoms with Crippen LogP contribution in [0.15, 0.2) is 48.8 Å². The van der Waals surface area contributed by atoms with Crippen LogP contribution in [0.5, 0.6) is 0 Å². The van der Waals surface area contributed by atoms with Gasteiger partial charge in [-0.05, 0) is 43.2 Å². The topological polar surface area (TPSA) is 165 Å². The molecule has 3 N–H and O–H groups in total. The summed E-state index contributed by atoms with van der Waals surface area (Å²) in [5.41, 5.74) is 6.41. The molecule has 12 heteroatoms. The van der Waals surface area contributed by atoms with Gasteiger partial charge in [0, 0.05) is 23.4 Å². The molecule has 0 aliphatic rings. The van der Waals surface area contributed by atoms with Crippen molar-refractivity contribution in [1.82, 2.24) is 15.4 Å². The Bertz CT molecular complexity index is 1160. The first-order valence-corrected chi connectivity index (χ1v) is 8.90. The molecular formula is C19H17N7O5. The summed E-state index contributed by atoms with van der Waals surface area (Å²) >= 11 is 0. The van der Waals surface area contributed by atoms with E-state index < -0.39 is 21.4 Å². The van der Waals surface area contributed by atoms with Crippen LogP contribution < -0.4 is 16.2 Å². The number of hydrogen-bond acceptors (Lipinski definition) is 9. The van der Waals surface area contributed by atoms with Crippen LogP contribution in [-0.4, -0.2) is 25.7 Å². The molecule has 3 aromatic rings. The Balaban J connectivity index is 1.84. The van der Waals surface area contributed by atoms with Gasteiger partial charge < -0.3 is 5.32 Å². The van der Waals surface area contributed by atoms with Crippen molar-refractivity contribution in [3.63, 3.8) is 0 Å². The lowest BCUT2D eigenvalue weighted by molar-refractivity contribution is -0.384. The summed E-state index contributed by atoms with van der Waals surface area (Å²) in [6.45, 7) is 3.78. The number of nitro benzene ring substituents is 1. The molecule has 0 bridgehead atoms. The maximum Gasteiger partial charge on any atom is 0.355 e. The summed E-state index contributed by atoms with van der Waals surface area (Å²) in [5, 5.41) is 25.4. The van der Waals surface area contributed by atoms with E-state index in [9.17, 15) is 25.0 Å². The number of aromatic nitrogens is 2. The van der Waals surface area contributed by atoms with Crippen molar-refractivity contribution < 1.29 is 14.6 Å². The fraction of sp³-hybridized carbons (Fsp3) is 0.105. The van der Waals surface area contributed by atoms with E-state index >= 15 is 0 Å². The third-order valence-electron chi connectivity index (χ3n) is 4.10. The van der Waals surface area contributed by atoms with Gasteiger partial charge in [0.15, 0.2) is 0 Å². The van der Waals surface area contributed by atoms with Gasteiger partial charge in [-0.3, -0.25) is 35.9 Å². The number of hydrogen-bond donors (Lipinski definition) is 3. The van der Waals surface area contributed by atoms with Gasteiger partial charge in [-0.1, -0.05) is 12.1 Å². The first-order chi connectivity index (χ1) is 14.7. The highest BCUT2D eigenvalue weighted by Crippen LogP contribution is 2.31. The predicted molar refractivity (Wildman–Crippen MR) is 112 cm³/mol. The SMILES string of the molecule is Cc1cc(C)cc(Nc2ncnc(NNC(=O)c3cccc([N+](=O)[O-])c3)c2[N+](=O)[O-])c1. The summed E-state index contributed by atoms with van der Waals surface area (Å²) in [5.74, 6) is -1.07. The van der Waals surface area contributed by atoms with Crippen LogP contribution in [0.1, 0.15) is 21.5 Å². The molecule has 0 radical (unpaired) electrons. The van der Waals surface area contributed by atoms with Crippen molar-refractivity contribution in [3.05, 3.63) is 85.7 Å². The summed E-state index contributed by atoms with van der Waals surface area (Å²) in [6.07, 6.45) is 1.10. The van der Waals surface area contributed by atoms with Gasteiger partial charge in [0.2, 0.25) is 11.6 Å². The first kappa shape index (κ1) is 21.1. The van der Waals surface area contributed by atoms with E-state index in [4.69, 9.17) is 0 Å². The molecule has 3 rings (SSSR count). The number of hydrazine groups is 1. The van der Waals surface area contributed by atoms with Crippen molar-refractivity contribution in [2.45, 2.75) is 13.8 Å². The lowest BCUT2D eigenvalue weighted by atomic mass is 10.1. The van der Waals surface area contributed by atoms with E-state index in [2.05, 4.69) is 26.1 Å². The Kier molecular flexibility index (Phi) is 6.00. The fourth-order valence-electron chi connectivity index (χ4n) is 2.87. The van der Waals surface area contributed by atoms with Gasteiger partial charge in [-0.2, -0.15) is 0 Å². The molecule has 0 fully saturated rings. The summed E-state index contributed by atoms with van der Waals surface area (Å²) < 4.78 is 0. The molecule has 0 saturated carbocycles. The quantitative estimate of drug-likeness (QED) is 0.381. The summed E-state index contributed by atoms with van der Waals surface area (Å²) in [6, 6.07) is 10.6. The number of nitro groups is 2. The second-order valence-corrected chi connectivity index (χ2v) is 6.56. The zero-order valence-corrected chi connectivity index (χ0v) is 16.4. The molecule has 0 saturated heterocycles. The second kappa shape index (κ2) is 8.82. The number of amides is 1. The molecule has 12 nitrogen and oxygen atoms in total. The largest absolute Gasteiger partial charge is 0.355 e. The van der Waals surface area contributed by atoms with Crippen LogP contribution in [0.3, 0.4) is 0 Å². The Labute approximate surface area is 175 Å². The number of aryl methyl sites for hydroxylation is 2. The summed E-state index contributed by atoms with van der Waals surface area (Å²) in [4.78, 5) is 41.3. The van der Waals surface area contributed by atoms with E-state index in [-0.39, 0.29) is 22.9 Å². The molecular weight excluding hydrogens is 406 g/mol. The first-order valence-electron chi connectivity index (χ1n) is 8.90. The van der Waals surface area contributed by atoms with Crippen molar-refractivity contribution >= 4 is 34.6 Å². The predicted octanol–water partition coefficient (Wildman–Crippen LogP) is 3.41.